The maximum absolute atomic E-state index is 13.7. The number of amides is 3. The van der Waals surface area contributed by atoms with Crippen molar-refractivity contribution < 1.29 is 27.5 Å². The molecule has 262 valence electrons. The number of H-pyrrole nitrogens is 1. The van der Waals surface area contributed by atoms with Crippen molar-refractivity contribution in [3.8, 4) is 28.4 Å². The van der Waals surface area contributed by atoms with Crippen LogP contribution in [0.2, 0.25) is 0 Å². The number of benzene rings is 2. The van der Waals surface area contributed by atoms with Crippen molar-refractivity contribution in [3.05, 3.63) is 84.3 Å². The minimum Gasteiger partial charge on any atom is -0.405 e. The first-order valence-corrected chi connectivity index (χ1v) is 16.1. The molecule has 7 rings (SSSR count). The van der Waals surface area contributed by atoms with Gasteiger partial charge in [-0.25, -0.2) is 19.7 Å². The number of hydrogen-bond donors (Lipinski definition) is 2. The summed E-state index contributed by atoms with van der Waals surface area (Å²) in [5, 5.41) is 3.17. The van der Waals surface area contributed by atoms with Crippen LogP contribution in [0.25, 0.3) is 22.6 Å². The molecule has 0 radical (unpaired) electrons. The van der Waals surface area contributed by atoms with E-state index in [0.717, 1.165) is 16.9 Å². The lowest BCUT2D eigenvalue weighted by molar-refractivity contribution is -0.274. The predicted molar refractivity (Wildman–Crippen MR) is 185 cm³/mol. The number of aromatic nitrogens is 5. The zero-order chi connectivity index (χ0) is 35.9. The Bertz CT molecular complexity index is 2100. The van der Waals surface area contributed by atoms with Gasteiger partial charge in [0.25, 0.3) is 0 Å². The number of alkyl halides is 3. The van der Waals surface area contributed by atoms with E-state index < -0.39 is 6.36 Å². The topological polar surface area (TPSA) is 136 Å². The number of urea groups is 1. The maximum Gasteiger partial charge on any atom is 0.573 e. The molecule has 5 aromatic rings. The SMILES string of the molecule is CC(=O)N1CCN(c2ccc(Nc3ncc4c(n3)N(C)C(=O)N(c3cc(-c5ncc(-c6ccccc6OC(F)(F)F)[nH]5)ccc3C)C4)cn2)CC1. The minimum atomic E-state index is -4.85. The number of nitrogens with zero attached hydrogens (tertiary/aromatic N) is 8. The number of hydrogen-bond acceptors (Lipinski definition) is 9. The molecule has 3 amide bonds. The van der Waals surface area contributed by atoms with Gasteiger partial charge in [0.1, 0.15) is 23.2 Å². The van der Waals surface area contributed by atoms with Crippen molar-refractivity contribution in [3.63, 3.8) is 0 Å². The zero-order valence-electron chi connectivity index (χ0n) is 27.9. The number of fused-ring (bicyclic) bond motifs is 1. The summed E-state index contributed by atoms with van der Waals surface area (Å²) in [5.74, 6) is 1.71. The Hall–Kier alpha value is -6.19. The first-order valence-electron chi connectivity index (χ1n) is 16.1. The number of anilines is 5. The molecule has 2 aliphatic heterocycles. The number of piperazine rings is 1. The largest absolute Gasteiger partial charge is 0.573 e. The van der Waals surface area contributed by atoms with Crippen molar-refractivity contribution in [2.45, 2.75) is 26.8 Å². The van der Waals surface area contributed by atoms with Gasteiger partial charge in [0.15, 0.2) is 0 Å². The van der Waals surface area contributed by atoms with Crippen LogP contribution in [-0.2, 0) is 11.3 Å². The Morgan fingerprint density at radius 2 is 1.75 bits per heavy atom. The van der Waals surface area contributed by atoms with Gasteiger partial charge in [-0.05, 0) is 42.8 Å². The highest BCUT2D eigenvalue weighted by atomic mass is 19.4. The smallest absolute Gasteiger partial charge is 0.405 e. The third-order valence-corrected chi connectivity index (χ3v) is 8.81. The first kappa shape index (κ1) is 33.3. The van der Waals surface area contributed by atoms with Gasteiger partial charge in [0, 0.05) is 68.7 Å². The molecular weight excluding hydrogens is 665 g/mol. The normalized spacial score (nSPS) is 14.8. The molecule has 0 aliphatic carbocycles. The number of imidazole rings is 1. The average Bonchev–Trinajstić information content (AvgIpc) is 3.61. The van der Waals surface area contributed by atoms with E-state index in [2.05, 4.69) is 39.9 Å². The Labute approximate surface area is 290 Å². The fraction of sp³-hybridized carbons (Fsp3) is 0.257. The molecule has 0 saturated carbocycles. The molecule has 5 heterocycles. The summed E-state index contributed by atoms with van der Waals surface area (Å²) in [6, 6.07) is 14.8. The maximum atomic E-state index is 13.7. The first-order chi connectivity index (χ1) is 24.4. The number of carbonyl (C=O) groups excluding carboxylic acids is 2. The highest BCUT2D eigenvalue weighted by molar-refractivity contribution is 6.05. The molecule has 0 atom stereocenters. The van der Waals surface area contributed by atoms with Crippen LogP contribution in [0.4, 0.5) is 46.9 Å². The molecular formula is C35H33F3N10O3. The van der Waals surface area contributed by atoms with Crippen LogP contribution in [0.3, 0.4) is 0 Å². The summed E-state index contributed by atoms with van der Waals surface area (Å²) in [7, 11) is 1.64. The van der Waals surface area contributed by atoms with E-state index in [-0.39, 0.29) is 29.8 Å². The number of aryl methyl sites for hydroxylation is 1. The van der Waals surface area contributed by atoms with Crippen LogP contribution in [-0.4, -0.2) is 81.3 Å². The van der Waals surface area contributed by atoms with E-state index in [1.807, 2.05) is 42.2 Å². The molecule has 16 heteroatoms. The lowest BCUT2D eigenvalue weighted by atomic mass is 10.1. The van der Waals surface area contributed by atoms with Gasteiger partial charge in [0.05, 0.1) is 30.3 Å². The third kappa shape index (κ3) is 6.97. The summed E-state index contributed by atoms with van der Waals surface area (Å²) >= 11 is 0. The van der Waals surface area contributed by atoms with Crippen LogP contribution in [0.1, 0.15) is 18.1 Å². The monoisotopic (exact) mass is 698 g/mol. The van der Waals surface area contributed by atoms with E-state index in [4.69, 9.17) is 0 Å². The van der Waals surface area contributed by atoms with Crippen LogP contribution < -0.4 is 24.8 Å². The lowest BCUT2D eigenvalue weighted by Crippen LogP contribution is -2.48. The molecule has 1 fully saturated rings. The van der Waals surface area contributed by atoms with E-state index in [1.54, 1.807) is 37.3 Å². The van der Waals surface area contributed by atoms with Crippen LogP contribution in [0.5, 0.6) is 5.75 Å². The van der Waals surface area contributed by atoms with Crippen molar-refractivity contribution in [2.24, 2.45) is 0 Å². The number of nitrogens with one attached hydrogen (secondary N) is 2. The van der Waals surface area contributed by atoms with Gasteiger partial charge < -0.3 is 24.8 Å². The number of carbonyl (C=O) groups is 2. The van der Waals surface area contributed by atoms with Gasteiger partial charge >= 0.3 is 12.4 Å². The van der Waals surface area contributed by atoms with Crippen molar-refractivity contribution in [2.75, 3.05) is 53.2 Å². The fourth-order valence-corrected chi connectivity index (χ4v) is 6.14. The Balaban J connectivity index is 1.07. The fourth-order valence-electron chi connectivity index (χ4n) is 6.14. The number of rotatable bonds is 7. The van der Waals surface area contributed by atoms with Gasteiger partial charge in [0.2, 0.25) is 11.9 Å². The number of halogens is 3. The highest BCUT2D eigenvalue weighted by Gasteiger charge is 2.33. The van der Waals surface area contributed by atoms with Crippen LogP contribution in [0, 0.1) is 6.92 Å². The van der Waals surface area contributed by atoms with Gasteiger partial charge in [-0.2, -0.15) is 4.98 Å². The summed E-state index contributed by atoms with van der Waals surface area (Å²) in [6.07, 6.45) is -0.0372. The van der Waals surface area contributed by atoms with Crippen molar-refractivity contribution in [1.82, 2.24) is 29.8 Å². The van der Waals surface area contributed by atoms with E-state index in [1.165, 1.54) is 29.3 Å². The quantitative estimate of drug-likeness (QED) is 0.206. The number of para-hydroxylation sites is 1. The lowest BCUT2D eigenvalue weighted by Gasteiger charge is -2.35. The Kier molecular flexibility index (Phi) is 8.66. The van der Waals surface area contributed by atoms with E-state index >= 15 is 0 Å². The summed E-state index contributed by atoms with van der Waals surface area (Å²) < 4.78 is 43.2. The van der Waals surface area contributed by atoms with E-state index in [9.17, 15) is 22.8 Å². The average molecular weight is 699 g/mol. The number of aromatic amines is 1. The van der Waals surface area contributed by atoms with Gasteiger partial charge in [-0.3, -0.25) is 14.6 Å². The van der Waals surface area contributed by atoms with Gasteiger partial charge in [-0.15, -0.1) is 13.2 Å². The Morgan fingerprint density at radius 1 is 0.961 bits per heavy atom. The third-order valence-electron chi connectivity index (χ3n) is 8.81. The molecule has 0 bridgehead atoms. The van der Waals surface area contributed by atoms with Crippen molar-refractivity contribution >= 4 is 40.9 Å². The molecule has 2 aromatic carbocycles. The standard InChI is InChI=1S/C35H33F3N10O3/c1-21-8-9-23(31-40-19-27(43-31)26-6-4-5-7-29(26)51-35(36,37)38)16-28(21)48-20-24-17-41-33(44-32(24)45(3)34(48)50)42-25-10-11-30(39-18-25)47-14-12-46(13-15-47)22(2)49/h4-11,16-19H,12-15,20H2,1-3H3,(H,40,43)(H,41,42,44). The van der Waals surface area contributed by atoms with Crippen LogP contribution >= 0.6 is 0 Å². The second-order valence-corrected chi connectivity index (χ2v) is 12.2. The number of pyridine rings is 1. The molecule has 13 nitrogen and oxygen atoms in total. The minimum absolute atomic E-state index is 0.0735. The predicted octanol–water partition coefficient (Wildman–Crippen LogP) is 6.12. The molecule has 51 heavy (non-hydrogen) atoms. The summed E-state index contributed by atoms with van der Waals surface area (Å²) in [6.45, 7) is 6.39. The molecule has 2 N–H and O–H groups in total. The van der Waals surface area contributed by atoms with Crippen LogP contribution in [0.15, 0.2) is 73.2 Å². The number of ether oxygens (including phenoxy) is 1. The second-order valence-electron chi connectivity index (χ2n) is 12.2. The molecule has 0 unspecified atom stereocenters. The Morgan fingerprint density at radius 3 is 2.47 bits per heavy atom. The van der Waals surface area contributed by atoms with Gasteiger partial charge in [-0.1, -0.05) is 24.3 Å². The van der Waals surface area contributed by atoms with Crippen molar-refractivity contribution in [1.29, 1.82) is 0 Å². The summed E-state index contributed by atoms with van der Waals surface area (Å²) in [5.41, 5.74) is 4.04. The second kappa shape index (κ2) is 13.3. The zero-order valence-corrected chi connectivity index (χ0v) is 27.9. The molecule has 3 aromatic heterocycles. The molecule has 2 aliphatic rings. The molecule has 1 saturated heterocycles. The van der Waals surface area contributed by atoms with E-state index in [0.29, 0.717) is 66.4 Å². The molecule has 0 spiro atoms. The highest BCUT2D eigenvalue weighted by Crippen LogP contribution is 2.36. The summed E-state index contributed by atoms with van der Waals surface area (Å²) in [4.78, 5) is 53.6.